The van der Waals surface area contributed by atoms with E-state index in [2.05, 4.69) is 19.9 Å². The Morgan fingerprint density at radius 1 is 1.50 bits per heavy atom. The van der Waals surface area contributed by atoms with Crippen molar-refractivity contribution in [2.24, 2.45) is 0 Å². The van der Waals surface area contributed by atoms with Crippen molar-refractivity contribution in [1.29, 1.82) is 0 Å². The first-order valence-corrected chi connectivity index (χ1v) is 5.80. The van der Waals surface area contributed by atoms with E-state index in [-0.39, 0.29) is 12.7 Å². The lowest BCUT2D eigenvalue weighted by atomic mass is 10.1. The second-order valence-electron chi connectivity index (χ2n) is 4.43. The molecule has 2 aromatic rings. The number of aliphatic hydroxyl groups is 2. The van der Waals surface area contributed by atoms with Crippen molar-refractivity contribution in [3.05, 3.63) is 17.8 Å². The van der Waals surface area contributed by atoms with Crippen LogP contribution in [-0.2, 0) is 4.74 Å². The number of aromatic nitrogens is 4. The second-order valence-corrected chi connectivity index (χ2v) is 4.43. The molecule has 7 heteroatoms. The number of hydrogen-bond donors (Lipinski definition) is 3. The van der Waals surface area contributed by atoms with Gasteiger partial charge in [-0.15, -0.1) is 0 Å². The molecule has 0 aromatic carbocycles. The Kier molecular flexibility index (Phi) is 2.73. The molecule has 1 unspecified atom stereocenters. The quantitative estimate of drug-likeness (QED) is 0.684. The topological polar surface area (TPSA) is 104 Å². The van der Waals surface area contributed by atoms with E-state index in [1.807, 2.05) is 6.92 Å². The zero-order valence-electron chi connectivity index (χ0n) is 9.87. The predicted molar refractivity (Wildman–Crippen MR) is 61.7 cm³/mol. The Balaban J connectivity index is 1.94. The van der Waals surface area contributed by atoms with Crippen molar-refractivity contribution in [2.75, 3.05) is 6.61 Å². The van der Waals surface area contributed by atoms with Gasteiger partial charge in [-0.05, 0) is 6.92 Å². The van der Waals surface area contributed by atoms with Crippen LogP contribution >= 0.6 is 0 Å². The summed E-state index contributed by atoms with van der Waals surface area (Å²) in [5.74, 6) is 0.614. The molecule has 18 heavy (non-hydrogen) atoms. The molecular formula is C11H14N4O3. The number of H-pyrrole nitrogens is 1. The minimum absolute atomic E-state index is 0.198. The van der Waals surface area contributed by atoms with E-state index < -0.39 is 12.2 Å². The number of aliphatic hydroxyl groups excluding tert-OH is 2. The lowest BCUT2D eigenvalue weighted by Gasteiger charge is -2.09. The van der Waals surface area contributed by atoms with Gasteiger partial charge in [0.05, 0.1) is 18.4 Å². The van der Waals surface area contributed by atoms with E-state index in [4.69, 9.17) is 9.84 Å². The summed E-state index contributed by atoms with van der Waals surface area (Å²) in [7, 11) is 0. The molecule has 3 rings (SSSR count). The van der Waals surface area contributed by atoms with E-state index in [1.165, 1.54) is 6.33 Å². The molecular weight excluding hydrogens is 236 g/mol. The lowest BCUT2D eigenvalue weighted by Crippen LogP contribution is -2.24. The van der Waals surface area contributed by atoms with Crippen molar-refractivity contribution in [2.45, 2.75) is 31.7 Å². The average molecular weight is 250 g/mol. The van der Waals surface area contributed by atoms with E-state index >= 15 is 0 Å². The molecule has 1 saturated heterocycles. The van der Waals surface area contributed by atoms with Gasteiger partial charge < -0.3 is 19.9 Å². The molecule has 3 N–H and O–H groups in total. The molecule has 3 atom stereocenters. The minimum atomic E-state index is -0.666. The first-order valence-electron chi connectivity index (χ1n) is 5.80. The summed E-state index contributed by atoms with van der Waals surface area (Å²) in [6.07, 6.45) is 0.322. The van der Waals surface area contributed by atoms with Crippen molar-refractivity contribution < 1.29 is 14.9 Å². The van der Waals surface area contributed by atoms with Gasteiger partial charge in [-0.2, -0.15) is 0 Å². The van der Waals surface area contributed by atoms with Gasteiger partial charge in [0.1, 0.15) is 29.9 Å². The summed E-state index contributed by atoms with van der Waals surface area (Å²) in [6.45, 7) is 1.67. The summed E-state index contributed by atoms with van der Waals surface area (Å²) < 4.78 is 5.54. The highest BCUT2D eigenvalue weighted by molar-refractivity contribution is 5.72. The maximum absolute atomic E-state index is 9.70. The summed E-state index contributed by atoms with van der Waals surface area (Å²) >= 11 is 0. The zero-order valence-corrected chi connectivity index (χ0v) is 9.87. The third-order valence-corrected chi connectivity index (χ3v) is 3.20. The molecule has 1 aliphatic rings. The maximum Gasteiger partial charge on any atom is 0.181 e. The Morgan fingerprint density at radius 3 is 3.00 bits per heavy atom. The largest absolute Gasteiger partial charge is 0.394 e. The van der Waals surface area contributed by atoms with Crippen LogP contribution in [0.15, 0.2) is 6.33 Å². The molecule has 1 aliphatic heterocycles. The second kappa shape index (κ2) is 4.27. The van der Waals surface area contributed by atoms with Gasteiger partial charge in [-0.25, -0.2) is 15.0 Å². The van der Waals surface area contributed by atoms with E-state index in [9.17, 15) is 5.11 Å². The molecule has 0 amide bonds. The van der Waals surface area contributed by atoms with Gasteiger partial charge in [0.2, 0.25) is 0 Å². The van der Waals surface area contributed by atoms with E-state index in [0.29, 0.717) is 17.9 Å². The summed E-state index contributed by atoms with van der Waals surface area (Å²) in [5.41, 5.74) is 2.18. The standard InChI is InChI=1S/C11H14N4O3/c1-5-9-11(13-4-12-5)15-10(14-9)7-2-6(17)8(3-16)18-7/h4,6-8,16-17H,2-3H2,1H3,(H,12,13,14,15)/t6-,7?,8+/m0/s1. The summed E-state index contributed by atoms with van der Waals surface area (Å²) in [6, 6.07) is 0. The Bertz CT molecular complexity index is 570. The molecule has 0 saturated carbocycles. The monoisotopic (exact) mass is 250 g/mol. The maximum atomic E-state index is 9.70. The molecule has 0 bridgehead atoms. The SMILES string of the molecule is Cc1ncnc2nc(C3C[C@H](O)[C@@H](CO)O3)[nH]c12. The van der Waals surface area contributed by atoms with E-state index in [0.717, 1.165) is 11.2 Å². The number of aromatic amines is 1. The smallest absolute Gasteiger partial charge is 0.181 e. The number of aryl methyl sites for hydroxylation is 1. The Hall–Kier alpha value is -1.57. The van der Waals surface area contributed by atoms with Crippen LogP contribution in [0.3, 0.4) is 0 Å². The fourth-order valence-corrected chi connectivity index (χ4v) is 2.18. The third-order valence-electron chi connectivity index (χ3n) is 3.20. The van der Waals surface area contributed by atoms with Crippen molar-refractivity contribution in [3.8, 4) is 0 Å². The van der Waals surface area contributed by atoms with Gasteiger partial charge >= 0.3 is 0 Å². The van der Waals surface area contributed by atoms with Crippen molar-refractivity contribution >= 4 is 11.2 Å². The Labute approximate surface area is 103 Å². The highest BCUT2D eigenvalue weighted by atomic mass is 16.5. The number of rotatable bonds is 2. The van der Waals surface area contributed by atoms with Crippen LogP contribution in [-0.4, -0.2) is 49.0 Å². The summed E-state index contributed by atoms with van der Waals surface area (Å²) in [5, 5.41) is 18.7. The fraction of sp³-hybridized carbons (Fsp3) is 0.545. The number of hydrogen-bond acceptors (Lipinski definition) is 6. The van der Waals surface area contributed by atoms with Crippen molar-refractivity contribution in [3.63, 3.8) is 0 Å². The fourth-order valence-electron chi connectivity index (χ4n) is 2.18. The molecule has 2 aromatic heterocycles. The number of fused-ring (bicyclic) bond motifs is 1. The highest BCUT2D eigenvalue weighted by Crippen LogP contribution is 2.32. The van der Waals surface area contributed by atoms with Crippen LogP contribution < -0.4 is 0 Å². The molecule has 0 radical (unpaired) electrons. The van der Waals surface area contributed by atoms with Gasteiger partial charge in [-0.1, -0.05) is 0 Å². The van der Waals surface area contributed by atoms with Crippen molar-refractivity contribution in [1.82, 2.24) is 19.9 Å². The first-order chi connectivity index (χ1) is 8.69. The number of nitrogens with one attached hydrogen (secondary N) is 1. The molecule has 7 nitrogen and oxygen atoms in total. The lowest BCUT2D eigenvalue weighted by molar-refractivity contribution is -0.0244. The van der Waals surface area contributed by atoms with Crippen LogP contribution in [0, 0.1) is 6.92 Å². The van der Waals surface area contributed by atoms with Crippen LogP contribution in [0.2, 0.25) is 0 Å². The molecule has 3 heterocycles. The molecule has 0 spiro atoms. The van der Waals surface area contributed by atoms with E-state index in [1.54, 1.807) is 0 Å². The predicted octanol–water partition coefficient (Wildman–Crippen LogP) is -0.155. The molecule has 96 valence electrons. The van der Waals surface area contributed by atoms with Crippen LogP contribution in [0.25, 0.3) is 11.2 Å². The summed E-state index contributed by atoms with van der Waals surface area (Å²) in [4.78, 5) is 15.6. The molecule has 1 fully saturated rings. The normalized spacial score (nSPS) is 28.1. The van der Waals surface area contributed by atoms with Gasteiger partial charge in [0.25, 0.3) is 0 Å². The van der Waals surface area contributed by atoms with Crippen LogP contribution in [0.1, 0.15) is 24.0 Å². The molecule has 0 aliphatic carbocycles. The third kappa shape index (κ3) is 1.76. The minimum Gasteiger partial charge on any atom is -0.394 e. The number of nitrogens with zero attached hydrogens (tertiary/aromatic N) is 3. The van der Waals surface area contributed by atoms with Gasteiger partial charge in [0.15, 0.2) is 5.65 Å². The zero-order chi connectivity index (χ0) is 12.7. The van der Waals surface area contributed by atoms with Gasteiger partial charge in [0, 0.05) is 6.42 Å². The first kappa shape index (κ1) is 11.5. The van der Waals surface area contributed by atoms with Gasteiger partial charge in [-0.3, -0.25) is 0 Å². The average Bonchev–Trinajstić information content (AvgIpc) is 2.93. The Morgan fingerprint density at radius 2 is 2.33 bits per heavy atom. The van der Waals surface area contributed by atoms with Crippen LogP contribution in [0.4, 0.5) is 0 Å². The number of ether oxygens (including phenoxy) is 1. The highest BCUT2D eigenvalue weighted by Gasteiger charge is 2.36. The van der Waals surface area contributed by atoms with Crippen LogP contribution in [0.5, 0.6) is 0 Å². The number of imidazole rings is 1.